The normalized spacial score (nSPS) is 17.5. The van der Waals surface area contributed by atoms with Crippen LogP contribution >= 0.6 is 11.6 Å². The molecule has 1 heterocycles. The summed E-state index contributed by atoms with van der Waals surface area (Å²) in [5.41, 5.74) is 0.739. The fourth-order valence-corrected chi connectivity index (χ4v) is 4.31. The van der Waals surface area contributed by atoms with Gasteiger partial charge in [0.05, 0.1) is 7.11 Å². The molecule has 1 aliphatic rings. The number of benzene rings is 1. The Labute approximate surface area is 141 Å². The molecule has 1 fully saturated rings. The summed E-state index contributed by atoms with van der Waals surface area (Å²) in [6, 6.07) is 5.10. The van der Waals surface area contributed by atoms with Crippen molar-refractivity contribution in [2.45, 2.75) is 24.1 Å². The number of carbonyl (C=O) groups is 1. The summed E-state index contributed by atoms with van der Waals surface area (Å²) in [7, 11) is -2.00. The Morgan fingerprint density at radius 3 is 2.61 bits per heavy atom. The summed E-state index contributed by atoms with van der Waals surface area (Å²) in [5.74, 6) is 0.0926. The molecule has 1 saturated heterocycles. The zero-order valence-corrected chi connectivity index (χ0v) is 14.8. The van der Waals surface area contributed by atoms with Gasteiger partial charge in [0.25, 0.3) is 0 Å². The van der Waals surface area contributed by atoms with Crippen LogP contribution in [0.3, 0.4) is 0 Å². The van der Waals surface area contributed by atoms with Crippen molar-refractivity contribution in [3.8, 4) is 5.75 Å². The van der Waals surface area contributed by atoms with E-state index in [1.54, 1.807) is 18.2 Å². The molecule has 1 aliphatic heterocycles. The number of hydrogen-bond donors (Lipinski definition) is 2. The number of rotatable bonds is 5. The maximum absolute atomic E-state index is 12.6. The minimum Gasteiger partial charge on any atom is -0.496 e. The number of carbonyl (C=O) groups excluding carboxylic acids is 1. The fraction of sp³-hybridized carbons (Fsp3) is 0.533. The molecule has 23 heavy (non-hydrogen) atoms. The van der Waals surface area contributed by atoms with Crippen LogP contribution in [0.4, 0.5) is 0 Å². The number of piperidine rings is 1. The van der Waals surface area contributed by atoms with Gasteiger partial charge in [0.1, 0.15) is 5.75 Å². The van der Waals surface area contributed by atoms with E-state index in [4.69, 9.17) is 16.3 Å². The summed E-state index contributed by atoms with van der Waals surface area (Å²) >= 11 is 5.91. The first-order valence-corrected chi connectivity index (χ1v) is 9.58. The number of hydrogen-bond acceptors (Lipinski definition) is 5. The van der Waals surface area contributed by atoms with E-state index in [9.17, 15) is 13.2 Å². The molecule has 2 N–H and O–H groups in total. The third-order valence-electron chi connectivity index (χ3n) is 4.22. The van der Waals surface area contributed by atoms with E-state index < -0.39 is 20.5 Å². The average Bonchev–Trinajstić information content (AvgIpc) is 2.52. The van der Waals surface area contributed by atoms with Gasteiger partial charge in [-0.2, -0.15) is 0 Å². The predicted octanol–water partition coefficient (Wildman–Crippen LogP) is 1.13. The summed E-state index contributed by atoms with van der Waals surface area (Å²) in [6.07, 6.45) is 1.67. The predicted molar refractivity (Wildman–Crippen MR) is 89.5 cm³/mol. The lowest BCUT2D eigenvalue weighted by molar-refractivity contribution is -0.124. The molecule has 6 nitrogen and oxygen atoms in total. The molecular formula is C15H21ClN2O4S. The highest BCUT2D eigenvalue weighted by molar-refractivity contribution is 7.92. The van der Waals surface area contributed by atoms with Gasteiger partial charge in [0, 0.05) is 23.4 Å². The van der Waals surface area contributed by atoms with Gasteiger partial charge in [-0.15, -0.1) is 0 Å². The SMILES string of the molecule is COc1cc(Cl)ccc1CNC(=O)C1(S(C)(=O)=O)CCNCC1. The van der Waals surface area contributed by atoms with Crippen molar-refractivity contribution in [1.29, 1.82) is 0 Å². The van der Waals surface area contributed by atoms with Gasteiger partial charge in [-0.25, -0.2) is 8.42 Å². The van der Waals surface area contributed by atoms with Crippen molar-refractivity contribution in [2.75, 3.05) is 26.5 Å². The second-order valence-electron chi connectivity index (χ2n) is 5.66. The Morgan fingerprint density at radius 1 is 1.39 bits per heavy atom. The number of methoxy groups -OCH3 is 1. The topological polar surface area (TPSA) is 84.5 Å². The molecule has 128 valence electrons. The molecule has 1 aromatic carbocycles. The van der Waals surface area contributed by atoms with E-state index in [0.717, 1.165) is 11.8 Å². The Balaban J connectivity index is 2.17. The summed E-state index contributed by atoms with van der Waals surface area (Å²) < 4.78 is 28.3. The number of sulfone groups is 1. The zero-order valence-electron chi connectivity index (χ0n) is 13.2. The second-order valence-corrected chi connectivity index (χ2v) is 8.42. The lowest BCUT2D eigenvalue weighted by atomic mass is 9.95. The quantitative estimate of drug-likeness (QED) is 0.822. The van der Waals surface area contributed by atoms with Crippen molar-refractivity contribution < 1.29 is 17.9 Å². The van der Waals surface area contributed by atoms with Gasteiger partial charge >= 0.3 is 0 Å². The van der Waals surface area contributed by atoms with Crippen molar-refractivity contribution in [3.63, 3.8) is 0 Å². The van der Waals surface area contributed by atoms with Crippen molar-refractivity contribution in [2.24, 2.45) is 0 Å². The molecule has 0 aliphatic carbocycles. The van der Waals surface area contributed by atoms with E-state index in [0.29, 0.717) is 23.9 Å². The molecule has 1 amide bonds. The van der Waals surface area contributed by atoms with Gasteiger partial charge < -0.3 is 15.4 Å². The van der Waals surface area contributed by atoms with Crippen LogP contribution < -0.4 is 15.4 Å². The standard InChI is InChI=1S/C15H21ClN2O4S/c1-22-13-9-12(16)4-3-11(13)10-18-14(19)15(23(2,20)21)5-7-17-8-6-15/h3-4,9,17H,5-8,10H2,1-2H3,(H,18,19). The molecule has 0 spiro atoms. The third kappa shape index (κ3) is 3.79. The molecule has 0 radical (unpaired) electrons. The highest BCUT2D eigenvalue weighted by Gasteiger charge is 2.48. The Morgan fingerprint density at radius 2 is 2.04 bits per heavy atom. The van der Waals surface area contributed by atoms with Crippen LogP contribution in [-0.2, 0) is 21.2 Å². The lowest BCUT2D eigenvalue weighted by Gasteiger charge is -2.34. The number of ether oxygens (including phenoxy) is 1. The number of halogens is 1. The smallest absolute Gasteiger partial charge is 0.241 e. The van der Waals surface area contributed by atoms with Gasteiger partial charge in [-0.3, -0.25) is 4.79 Å². The van der Waals surface area contributed by atoms with Crippen LogP contribution in [-0.4, -0.2) is 45.5 Å². The van der Waals surface area contributed by atoms with Crippen LogP contribution in [0.25, 0.3) is 0 Å². The molecule has 0 aromatic heterocycles. The zero-order chi connectivity index (χ0) is 17.1. The minimum absolute atomic E-state index is 0.184. The number of amides is 1. The fourth-order valence-electron chi connectivity index (χ4n) is 2.80. The van der Waals surface area contributed by atoms with Crippen LogP contribution in [0.5, 0.6) is 5.75 Å². The molecule has 0 saturated carbocycles. The van der Waals surface area contributed by atoms with Crippen molar-refractivity contribution in [1.82, 2.24) is 10.6 Å². The average molecular weight is 361 g/mol. The van der Waals surface area contributed by atoms with Crippen LogP contribution in [0, 0.1) is 0 Å². The first kappa shape index (κ1) is 18.0. The Hall–Kier alpha value is -1.31. The second kappa shape index (κ2) is 7.07. The van der Waals surface area contributed by atoms with E-state index in [1.807, 2.05) is 0 Å². The Kier molecular flexibility index (Phi) is 5.54. The van der Waals surface area contributed by atoms with E-state index >= 15 is 0 Å². The summed E-state index contributed by atoms with van der Waals surface area (Å²) in [4.78, 5) is 12.6. The van der Waals surface area contributed by atoms with Crippen LogP contribution in [0.15, 0.2) is 18.2 Å². The van der Waals surface area contributed by atoms with Gasteiger partial charge in [-0.05, 0) is 38.1 Å². The molecule has 0 atom stereocenters. The van der Waals surface area contributed by atoms with Crippen LogP contribution in [0.1, 0.15) is 18.4 Å². The highest BCUT2D eigenvalue weighted by atomic mass is 35.5. The molecular weight excluding hydrogens is 340 g/mol. The van der Waals surface area contributed by atoms with Gasteiger partial charge in [0.15, 0.2) is 14.6 Å². The number of nitrogens with one attached hydrogen (secondary N) is 2. The van der Waals surface area contributed by atoms with Gasteiger partial charge in [0.2, 0.25) is 5.91 Å². The first-order chi connectivity index (χ1) is 10.8. The maximum atomic E-state index is 12.6. The van der Waals surface area contributed by atoms with Crippen LogP contribution in [0.2, 0.25) is 5.02 Å². The monoisotopic (exact) mass is 360 g/mol. The highest BCUT2D eigenvalue weighted by Crippen LogP contribution is 2.29. The van der Waals surface area contributed by atoms with E-state index in [2.05, 4.69) is 10.6 Å². The van der Waals surface area contributed by atoms with E-state index in [-0.39, 0.29) is 19.4 Å². The maximum Gasteiger partial charge on any atom is 0.241 e. The van der Waals surface area contributed by atoms with Crippen molar-refractivity contribution in [3.05, 3.63) is 28.8 Å². The molecule has 0 unspecified atom stereocenters. The Bertz CT molecular complexity index is 685. The largest absolute Gasteiger partial charge is 0.496 e. The summed E-state index contributed by atoms with van der Waals surface area (Å²) in [5, 5.41) is 6.36. The van der Waals surface area contributed by atoms with Gasteiger partial charge in [-0.1, -0.05) is 17.7 Å². The lowest BCUT2D eigenvalue weighted by Crippen LogP contribution is -2.57. The first-order valence-electron chi connectivity index (χ1n) is 7.31. The molecule has 0 bridgehead atoms. The third-order valence-corrected chi connectivity index (χ3v) is 6.47. The van der Waals surface area contributed by atoms with E-state index in [1.165, 1.54) is 7.11 Å². The molecule has 2 rings (SSSR count). The molecule has 8 heteroatoms. The van der Waals surface area contributed by atoms with Crippen molar-refractivity contribution >= 4 is 27.3 Å². The summed E-state index contributed by atoms with van der Waals surface area (Å²) in [6.45, 7) is 1.19. The minimum atomic E-state index is -3.52. The molecule has 1 aromatic rings.